The minimum Gasteiger partial charge on any atom is -0.481 e. The van der Waals surface area contributed by atoms with Gasteiger partial charge in [0.25, 0.3) is 0 Å². The van der Waals surface area contributed by atoms with Gasteiger partial charge >= 0.3 is 12.4 Å². The van der Waals surface area contributed by atoms with Gasteiger partial charge in [-0.3, -0.25) is 14.5 Å². The summed E-state index contributed by atoms with van der Waals surface area (Å²) in [7, 11) is 2.35. The number of methoxy groups -OCH3 is 2. The molecule has 19 heteroatoms. The van der Waals surface area contributed by atoms with Crippen molar-refractivity contribution in [3.8, 4) is 28.8 Å². The second kappa shape index (κ2) is 11.1. The molecule has 0 saturated heterocycles. The van der Waals surface area contributed by atoms with E-state index in [2.05, 4.69) is 25.0 Å². The Balaban J connectivity index is 1.48. The fourth-order valence-corrected chi connectivity index (χ4v) is 5.04. The van der Waals surface area contributed by atoms with E-state index >= 15 is 8.78 Å². The van der Waals surface area contributed by atoms with Crippen LogP contribution in [0.25, 0.3) is 28.2 Å². The van der Waals surface area contributed by atoms with E-state index < -0.39 is 60.0 Å². The highest BCUT2D eigenvalue weighted by Gasteiger charge is 2.37. The average molecular weight is 656 g/mol. The Morgan fingerprint density at radius 3 is 2.22 bits per heavy atom. The molecule has 1 aliphatic carbocycles. The third-order valence-electron chi connectivity index (χ3n) is 7.17. The zero-order valence-corrected chi connectivity index (χ0v) is 23.7. The summed E-state index contributed by atoms with van der Waals surface area (Å²) in [6.45, 7) is -2.15. The summed E-state index contributed by atoms with van der Waals surface area (Å²) in [5.41, 5.74) is -2.85. The first-order valence-electron chi connectivity index (χ1n) is 13.4. The molecule has 0 amide bonds. The van der Waals surface area contributed by atoms with Crippen molar-refractivity contribution in [3.63, 3.8) is 0 Å². The molecule has 1 saturated carbocycles. The van der Waals surface area contributed by atoms with Crippen LogP contribution in [0.3, 0.4) is 0 Å². The zero-order valence-electron chi connectivity index (χ0n) is 23.7. The van der Waals surface area contributed by atoms with Crippen LogP contribution in [-0.2, 0) is 19.3 Å². The molecule has 0 unspecified atom stereocenters. The number of benzene rings is 1. The second-order valence-electron chi connectivity index (χ2n) is 10.3. The molecule has 4 aromatic heterocycles. The smallest absolute Gasteiger partial charge is 0.435 e. The van der Waals surface area contributed by atoms with E-state index in [1.54, 1.807) is 0 Å². The summed E-state index contributed by atoms with van der Waals surface area (Å²) in [6, 6.07) is 1.98. The zero-order chi connectivity index (χ0) is 33.1. The number of fused-ring (bicyclic) bond motifs is 1. The monoisotopic (exact) mass is 655 g/mol. The van der Waals surface area contributed by atoms with Crippen molar-refractivity contribution < 1.29 is 44.6 Å². The van der Waals surface area contributed by atoms with Gasteiger partial charge in [-0.2, -0.15) is 36.1 Å². The first-order valence-corrected chi connectivity index (χ1v) is 13.4. The van der Waals surface area contributed by atoms with Crippen molar-refractivity contribution in [2.75, 3.05) is 14.2 Å². The fourth-order valence-electron chi connectivity index (χ4n) is 5.04. The second-order valence-corrected chi connectivity index (χ2v) is 10.3. The molecule has 1 aliphatic rings. The number of hydrogen-bond donors (Lipinski definition) is 1. The van der Waals surface area contributed by atoms with E-state index in [9.17, 15) is 26.3 Å². The van der Waals surface area contributed by atoms with Gasteiger partial charge in [0.15, 0.2) is 28.8 Å². The van der Waals surface area contributed by atoms with Crippen LogP contribution >= 0.6 is 0 Å². The molecule has 0 bridgehead atoms. The lowest BCUT2D eigenvalue weighted by molar-refractivity contribution is -0.141. The molecule has 4 heterocycles. The van der Waals surface area contributed by atoms with Crippen LogP contribution in [-0.4, -0.2) is 59.2 Å². The van der Waals surface area contributed by atoms with Crippen molar-refractivity contribution in [2.24, 2.45) is 0 Å². The lowest BCUT2D eigenvalue weighted by Crippen LogP contribution is -2.30. The highest BCUT2D eigenvalue weighted by Crippen LogP contribution is 2.45. The molecule has 1 N–H and O–H groups in total. The van der Waals surface area contributed by atoms with Gasteiger partial charge in [-0.1, -0.05) is 0 Å². The topological polar surface area (TPSA) is 122 Å². The molecule has 6 rings (SSSR count). The predicted octanol–water partition coefficient (Wildman–Crippen LogP) is 5.16. The molecule has 242 valence electrons. The van der Waals surface area contributed by atoms with Gasteiger partial charge in [0.1, 0.15) is 29.6 Å². The quantitative estimate of drug-likeness (QED) is 0.230. The number of aromatic nitrogens is 8. The molecule has 0 atom stereocenters. The van der Waals surface area contributed by atoms with Crippen molar-refractivity contribution in [1.82, 2.24) is 38.9 Å². The van der Waals surface area contributed by atoms with Crippen LogP contribution in [0.1, 0.15) is 35.7 Å². The van der Waals surface area contributed by atoms with E-state index in [4.69, 9.17) is 14.9 Å². The van der Waals surface area contributed by atoms with Gasteiger partial charge in [-0.05, 0) is 30.5 Å². The van der Waals surface area contributed by atoms with Crippen molar-refractivity contribution in [2.45, 2.75) is 44.2 Å². The number of rotatable bonds is 8. The van der Waals surface area contributed by atoms with E-state index in [0.29, 0.717) is 26.6 Å². The molecule has 1 fully saturated rings. The Labute approximate surface area is 252 Å². The summed E-state index contributed by atoms with van der Waals surface area (Å²) in [5.74, 6) is -3.15. The molecule has 11 nitrogen and oxygen atoms in total. The molecule has 1 aromatic carbocycles. The summed E-state index contributed by atoms with van der Waals surface area (Å²) in [4.78, 5) is 17.1. The number of halogens is 8. The van der Waals surface area contributed by atoms with Gasteiger partial charge in [-0.15, -0.1) is 0 Å². The average Bonchev–Trinajstić information content (AvgIpc) is 3.69. The van der Waals surface area contributed by atoms with Gasteiger partial charge < -0.3 is 9.47 Å². The Morgan fingerprint density at radius 1 is 0.935 bits per heavy atom. The Morgan fingerprint density at radius 2 is 1.63 bits per heavy atom. The first-order chi connectivity index (χ1) is 21.7. The molecule has 0 radical (unpaired) electrons. The van der Waals surface area contributed by atoms with Crippen molar-refractivity contribution in [3.05, 3.63) is 64.9 Å². The minimum atomic E-state index is -4.94. The SMILES string of the molecule is COc1ncnc(C2CC2)c1-c1ncc2c(n1)n(Cc1cc(F)c(-n3nc(C(F)(F)F)cc3OC)c(F)c1)c(=N)n2CC(F)(F)F. The molecule has 0 spiro atoms. The summed E-state index contributed by atoms with van der Waals surface area (Å²) >= 11 is 0. The van der Waals surface area contributed by atoms with Crippen LogP contribution in [0.5, 0.6) is 11.8 Å². The minimum absolute atomic E-state index is 0.0105. The third kappa shape index (κ3) is 5.60. The highest BCUT2D eigenvalue weighted by atomic mass is 19.4. The number of ether oxygens (including phenoxy) is 2. The summed E-state index contributed by atoms with van der Waals surface area (Å²) in [6.07, 6.45) is -5.66. The lowest BCUT2D eigenvalue weighted by atomic mass is 10.1. The number of nitrogens with zero attached hydrogens (tertiary/aromatic N) is 8. The van der Waals surface area contributed by atoms with Crippen LogP contribution in [0.2, 0.25) is 0 Å². The van der Waals surface area contributed by atoms with Gasteiger partial charge in [0.2, 0.25) is 17.4 Å². The highest BCUT2D eigenvalue weighted by molar-refractivity contribution is 5.76. The lowest BCUT2D eigenvalue weighted by Gasteiger charge is -2.12. The van der Waals surface area contributed by atoms with E-state index in [0.717, 1.165) is 42.8 Å². The molecule has 46 heavy (non-hydrogen) atoms. The standard InChI is InChI=1S/C27H21F8N9O2/c1-45-18-7-17(27(33,34)35)41-44(18)21-14(28)5-12(6-15(21)29)9-42-23-16(43(25(42)36)10-26(30,31)32)8-37-22(40-23)19-20(13-3-4-13)38-11-39-24(19)46-2/h5-8,11,13,36H,3-4,9-10H2,1-2H3. The van der Waals surface area contributed by atoms with Crippen LogP contribution in [0, 0.1) is 17.0 Å². The van der Waals surface area contributed by atoms with Crippen LogP contribution in [0.4, 0.5) is 35.1 Å². The van der Waals surface area contributed by atoms with Gasteiger partial charge in [0.05, 0.1) is 32.7 Å². The molecule has 0 aliphatic heterocycles. The van der Waals surface area contributed by atoms with E-state index in [1.807, 2.05) is 0 Å². The Bertz CT molecular complexity index is 2000. The number of hydrogen-bond acceptors (Lipinski definition) is 8. The van der Waals surface area contributed by atoms with Crippen LogP contribution in [0.15, 0.2) is 30.7 Å². The van der Waals surface area contributed by atoms with Crippen LogP contribution < -0.4 is 15.1 Å². The van der Waals surface area contributed by atoms with Crippen molar-refractivity contribution >= 4 is 11.2 Å². The summed E-state index contributed by atoms with van der Waals surface area (Å²) in [5, 5.41) is 11.8. The maximum Gasteiger partial charge on any atom is 0.435 e. The molecular formula is C27H21F8N9O2. The largest absolute Gasteiger partial charge is 0.481 e. The van der Waals surface area contributed by atoms with Gasteiger partial charge in [-0.25, -0.2) is 28.7 Å². The molecule has 5 aromatic rings. The Hall–Kier alpha value is -5.10. The maximum absolute atomic E-state index is 15.4. The molecular weight excluding hydrogens is 634 g/mol. The van der Waals surface area contributed by atoms with Crippen molar-refractivity contribution in [1.29, 1.82) is 5.41 Å². The fraction of sp³-hybridized carbons (Fsp3) is 0.333. The number of nitrogens with one attached hydrogen (secondary N) is 1. The maximum atomic E-state index is 15.4. The van der Waals surface area contributed by atoms with E-state index in [1.165, 1.54) is 13.4 Å². The van der Waals surface area contributed by atoms with Gasteiger partial charge in [0, 0.05) is 12.0 Å². The summed E-state index contributed by atoms with van der Waals surface area (Å²) < 4.78 is 123. The Kier molecular flexibility index (Phi) is 7.43. The van der Waals surface area contributed by atoms with E-state index in [-0.39, 0.29) is 34.3 Å². The number of imidazole rings is 1. The first kappa shape index (κ1) is 30.9. The normalized spacial score (nSPS) is 13.9. The number of alkyl halides is 6. The predicted molar refractivity (Wildman–Crippen MR) is 141 cm³/mol. The third-order valence-corrected chi connectivity index (χ3v) is 7.17.